The zero-order chi connectivity index (χ0) is 24.9. The number of amides is 1. The van der Waals surface area contributed by atoms with Crippen molar-refractivity contribution < 1.29 is 19.1 Å². The highest BCUT2D eigenvalue weighted by Crippen LogP contribution is 2.36. The van der Waals surface area contributed by atoms with Gasteiger partial charge in [-0.15, -0.1) is 0 Å². The number of para-hydroxylation sites is 1. The molecule has 10 heteroatoms. The van der Waals surface area contributed by atoms with Gasteiger partial charge in [-0.05, 0) is 38.1 Å². The molecular weight excluding hydrogens is 490 g/mol. The number of methoxy groups -OCH3 is 1. The molecule has 1 N–H and O–H groups in total. The van der Waals surface area contributed by atoms with E-state index in [1.807, 2.05) is 0 Å². The zero-order valence-corrected chi connectivity index (χ0v) is 20.6. The Morgan fingerprint density at radius 1 is 1.23 bits per heavy atom. The van der Waals surface area contributed by atoms with E-state index in [2.05, 4.69) is 10.3 Å². The summed E-state index contributed by atoms with van der Waals surface area (Å²) in [6, 6.07) is 11.3. The number of nitrogens with zero attached hydrogens (tertiary/aromatic N) is 2. The maximum atomic E-state index is 13.9. The maximum Gasteiger partial charge on any atom is 0.338 e. The average molecular weight is 510 g/mol. The molecule has 3 aromatic rings. The van der Waals surface area contributed by atoms with Crippen LogP contribution in [0.2, 0.25) is 5.02 Å². The minimum Gasteiger partial charge on any atom is -0.496 e. The molecule has 2 aliphatic rings. The number of nitrogens with one attached hydrogen (secondary N) is 1. The number of carbonyl (C=O) groups is 2. The van der Waals surface area contributed by atoms with E-state index in [0.717, 1.165) is 11.3 Å². The largest absolute Gasteiger partial charge is 0.496 e. The van der Waals surface area contributed by atoms with Crippen LogP contribution in [0.5, 0.6) is 5.75 Å². The van der Waals surface area contributed by atoms with E-state index < -0.39 is 23.5 Å². The standard InChI is InChI=1S/C25H20ClN3O5S/c1-4-34-24(32)18-12(2)27-25-29(20(18)14-7-5-6-8-17(14)33-3)23(31)21(35-25)19-15-11-13(26)9-10-16(15)28-22(19)30/h5-11,20H,4H2,1-3H3,(H,28,30)/b21-19-/t20-/m0/s1. The molecule has 1 aromatic heterocycles. The van der Waals surface area contributed by atoms with Gasteiger partial charge >= 0.3 is 5.97 Å². The third-order valence-electron chi connectivity index (χ3n) is 5.88. The first-order valence-electron chi connectivity index (χ1n) is 10.8. The molecule has 5 rings (SSSR count). The summed E-state index contributed by atoms with van der Waals surface area (Å²) < 4.78 is 12.5. The maximum absolute atomic E-state index is 13.9. The van der Waals surface area contributed by atoms with Gasteiger partial charge in [0.15, 0.2) is 4.80 Å². The van der Waals surface area contributed by atoms with Crippen molar-refractivity contribution in [2.24, 2.45) is 4.99 Å². The van der Waals surface area contributed by atoms with E-state index >= 15 is 0 Å². The predicted octanol–water partition coefficient (Wildman–Crippen LogP) is 2.78. The number of ether oxygens (including phenoxy) is 2. The second kappa shape index (κ2) is 8.83. The van der Waals surface area contributed by atoms with Crippen LogP contribution in [0.25, 0.3) is 5.57 Å². The highest BCUT2D eigenvalue weighted by Gasteiger charge is 2.36. The summed E-state index contributed by atoms with van der Waals surface area (Å²) in [5.41, 5.74) is 2.16. The Morgan fingerprint density at radius 3 is 2.74 bits per heavy atom. The zero-order valence-electron chi connectivity index (χ0n) is 19.0. The Morgan fingerprint density at radius 2 is 2.00 bits per heavy atom. The van der Waals surface area contributed by atoms with Crippen LogP contribution in [-0.2, 0) is 14.3 Å². The van der Waals surface area contributed by atoms with Crippen LogP contribution in [0, 0.1) is 0 Å². The number of hydrogen-bond donors (Lipinski definition) is 1. The lowest BCUT2D eigenvalue weighted by Crippen LogP contribution is -2.40. The summed E-state index contributed by atoms with van der Waals surface area (Å²) in [4.78, 5) is 44.8. The molecular formula is C25H20ClN3O5S. The SMILES string of the molecule is CCOC(=O)C1=C(C)N=c2s/c(=C3\C(=O)Nc4ccc(Cl)cc43)c(=O)n2[C@H]1c1ccccc1OC. The van der Waals surface area contributed by atoms with Crippen LogP contribution >= 0.6 is 22.9 Å². The minimum atomic E-state index is -0.848. The fourth-order valence-corrected chi connectivity index (χ4v) is 5.71. The van der Waals surface area contributed by atoms with Gasteiger partial charge in [-0.25, -0.2) is 9.79 Å². The molecule has 1 atom stereocenters. The lowest BCUT2D eigenvalue weighted by Gasteiger charge is -2.25. The topological polar surface area (TPSA) is 99.0 Å². The van der Waals surface area contributed by atoms with Crippen LogP contribution in [-0.4, -0.2) is 30.2 Å². The average Bonchev–Trinajstić information content (AvgIpc) is 3.32. The van der Waals surface area contributed by atoms with Crippen LogP contribution < -0.4 is 24.9 Å². The van der Waals surface area contributed by atoms with E-state index in [0.29, 0.717) is 38.1 Å². The summed E-state index contributed by atoms with van der Waals surface area (Å²) in [6.07, 6.45) is 0. The molecule has 0 radical (unpaired) electrons. The molecule has 3 heterocycles. The van der Waals surface area contributed by atoms with Gasteiger partial charge in [-0.1, -0.05) is 41.1 Å². The fourth-order valence-electron chi connectivity index (χ4n) is 4.39. The number of aromatic nitrogens is 1. The molecule has 8 nitrogen and oxygen atoms in total. The second-order valence-corrected chi connectivity index (χ2v) is 9.30. The van der Waals surface area contributed by atoms with Crippen molar-refractivity contribution in [3.8, 4) is 5.75 Å². The van der Waals surface area contributed by atoms with Crippen molar-refractivity contribution in [1.29, 1.82) is 0 Å². The Labute approximate surface area is 208 Å². The summed E-state index contributed by atoms with van der Waals surface area (Å²) in [7, 11) is 1.52. The van der Waals surface area contributed by atoms with Crippen LogP contribution in [0.4, 0.5) is 5.69 Å². The second-order valence-electron chi connectivity index (χ2n) is 7.88. The number of halogens is 1. The van der Waals surface area contributed by atoms with E-state index in [4.69, 9.17) is 21.1 Å². The Bertz CT molecular complexity index is 1620. The summed E-state index contributed by atoms with van der Waals surface area (Å²) in [6.45, 7) is 3.58. The van der Waals surface area contributed by atoms with E-state index in [-0.39, 0.29) is 22.3 Å². The Balaban J connectivity index is 1.85. The lowest BCUT2D eigenvalue weighted by molar-refractivity contribution is -0.139. The van der Waals surface area contributed by atoms with Crippen molar-refractivity contribution >= 4 is 46.1 Å². The first kappa shape index (κ1) is 23.1. The third-order valence-corrected chi connectivity index (χ3v) is 7.17. The van der Waals surface area contributed by atoms with Crippen LogP contribution in [0.15, 0.2) is 63.5 Å². The van der Waals surface area contributed by atoms with E-state index in [9.17, 15) is 14.4 Å². The smallest absolute Gasteiger partial charge is 0.338 e. The van der Waals surface area contributed by atoms with E-state index in [1.165, 1.54) is 11.7 Å². The number of benzene rings is 2. The summed E-state index contributed by atoms with van der Waals surface area (Å²) in [5, 5.41) is 3.23. The minimum absolute atomic E-state index is 0.167. The molecule has 2 aromatic carbocycles. The number of anilines is 1. The number of hydrogen-bond acceptors (Lipinski definition) is 7. The number of allylic oxidation sites excluding steroid dienone is 1. The van der Waals surface area contributed by atoms with Gasteiger partial charge in [0.05, 0.1) is 30.6 Å². The Hall–Kier alpha value is -3.69. The van der Waals surface area contributed by atoms with Crippen LogP contribution in [0.3, 0.4) is 0 Å². The van der Waals surface area contributed by atoms with E-state index in [1.54, 1.807) is 56.3 Å². The molecule has 0 fully saturated rings. The summed E-state index contributed by atoms with van der Waals surface area (Å²) >= 11 is 7.27. The Kier molecular flexibility index (Phi) is 5.82. The number of fused-ring (bicyclic) bond motifs is 2. The number of esters is 1. The highest BCUT2D eigenvalue weighted by atomic mass is 35.5. The molecule has 0 unspecified atom stereocenters. The van der Waals surface area contributed by atoms with Crippen LogP contribution in [0.1, 0.15) is 31.0 Å². The molecule has 0 aliphatic carbocycles. The van der Waals surface area contributed by atoms with Gasteiger partial charge in [0, 0.05) is 21.8 Å². The third kappa shape index (κ3) is 3.67. The van der Waals surface area contributed by atoms with Gasteiger partial charge in [-0.3, -0.25) is 14.2 Å². The van der Waals surface area contributed by atoms with Crippen molar-refractivity contribution in [3.63, 3.8) is 0 Å². The van der Waals surface area contributed by atoms with Crippen molar-refractivity contribution in [1.82, 2.24) is 4.57 Å². The molecule has 35 heavy (non-hydrogen) atoms. The van der Waals surface area contributed by atoms with Crippen molar-refractivity contribution in [2.75, 3.05) is 19.0 Å². The molecule has 178 valence electrons. The monoisotopic (exact) mass is 509 g/mol. The molecule has 0 bridgehead atoms. The first-order valence-corrected chi connectivity index (χ1v) is 12.0. The first-order chi connectivity index (χ1) is 16.8. The quantitative estimate of drug-likeness (QED) is 0.545. The van der Waals surface area contributed by atoms with Gasteiger partial charge in [0.25, 0.3) is 11.5 Å². The van der Waals surface area contributed by atoms with Crippen molar-refractivity contribution in [2.45, 2.75) is 19.9 Å². The molecule has 2 aliphatic heterocycles. The molecule has 1 amide bonds. The van der Waals surface area contributed by atoms with Crippen molar-refractivity contribution in [3.05, 3.63) is 89.6 Å². The van der Waals surface area contributed by atoms with Gasteiger partial charge in [-0.2, -0.15) is 0 Å². The predicted molar refractivity (Wildman–Crippen MR) is 132 cm³/mol. The lowest BCUT2D eigenvalue weighted by atomic mass is 9.95. The normalized spacial score (nSPS) is 17.9. The van der Waals surface area contributed by atoms with Gasteiger partial charge in [0.1, 0.15) is 16.3 Å². The molecule has 0 spiro atoms. The highest BCUT2D eigenvalue weighted by molar-refractivity contribution is 7.07. The summed E-state index contributed by atoms with van der Waals surface area (Å²) in [5.74, 6) is -0.468. The van der Waals surface area contributed by atoms with Gasteiger partial charge < -0.3 is 14.8 Å². The number of carbonyl (C=O) groups excluding carboxylic acids is 2. The van der Waals surface area contributed by atoms with Gasteiger partial charge in [0.2, 0.25) is 0 Å². The number of thiazole rings is 1. The number of rotatable bonds is 4. The molecule has 0 saturated heterocycles. The fraction of sp³-hybridized carbons (Fsp3) is 0.200. The molecule has 0 saturated carbocycles.